The highest BCUT2D eigenvalue weighted by molar-refractivity contribution is 9.10. The van der Waals surface area contributed by atoms with E-state index in [0.717, 1.165) is 14.8 Å². The number of aromatic nitrogens is 2. The Hall–Kier alpha value is -3.19. The molecule has 7 heteroatoms. The molecule has 126 valence electrons. The lowest BCUT2D eigenvalue weighted by Crippen LogP contribution is -2.40. The van der Waals surface area contributed by atoms with Gasteiger partial charge in [-0.2, -0.15) is 0 Å². The lowest BCUT2D eigenvalue weighted by molar-refractivity contribution is 0.0893. The van der Waals surface area contributed by atoms with E-state index in [-0.39, 0.29) is 17.5 Å². The summed E-state index contributed by atoms with van der Waals surface area (Å²) >= 11 is 3.47. The van der Waals surface area contributed by atoms with Gasteiger partial charge in [0.05, 0.1) is 16.7 Å². The molecule has 1 aliphatic heterocycles. The number of hydrogen-bond acceptors (Lipinski definition) is 3. The summed E-state index contributed by atoms with van der Waals surface area (Å²) in [7, 11) is 0. The van der Waals surface area contributed by atoms with Gasteiger partial charge in [-0.25, -0.2) is 9.69 Å². The minimum absolute atomic E-state index is 0.339. The zero-order chi connectivity index (χ0) is 18.0. The maximum Gasteiger partial charge on any atom is 0.323 e. The zero-order valence-corrected chi connectivity index (χ0v) is 14.8. The number of H-pyrrole nitrogens is 2. The summed E-state index contributed by atoms with van der Waals surface area (Å²) in [6, 6.07) is 13.8. The minimum atomic E-state index is -0.386. The molecule has 1 aliphatic rings. The number of imide groups is 1. The van der Waals surface area contributed by atoms with Crippen molar-refractivity contribution in [3.63, 3.8) is 0 Å². The van der Waals surface area contributed by atoms with Crippen molar-refractivity contribution in [3.8, 4) is 0 Å². The maximum absolute atomic E-state index is 13.1. The van der Waals surface area contributed by atoms with Gasteiger partial charge in [0.1, 0.15) is 0 Å². The fraction of sp³-hybridized carbons (Fsp3) is 0. The number of carbonyl (C=O) groups is 2. The Bertz CT molecular complexity index is 1300. The Morgan fingerprint density at radius 2 is 1.54 bits per heavy atom. The van der Waals surface area contributed by atoms with Crippen molar-refractivity contribution < 1.29 is 9.59 Å². The number of carbonyl (C=O) groups excluding carboxylic acids is 2. The average molecular weight is 408 g/mol. The van der Waals surface area contributed by atoms with Gasteiger partial charge in [0.2, 0.25) is 0 Å². The number of amides is 2. The lowest BCUT2D eigenvalue weighted by atomic mass is 9.93. The molecule has 0 bridgehead atoms. The number of rotatable bonds is 1. The molecule has 0 saturated heterocycles. The Morgan fingerprint density at radius 3 is 2.35 bits per heavy atom. The van der Waals surface area contributed by atoms with Crippen molar-refractivity contribution in [2.45, 2.75) is 0 Å². The molecule has 4 aromatic rings. The molecule has 3 aromatic carbocycles. The zero-order valence-electron chi connectivity index (χ0n) is 13.2. The highest BCUT2D eigenvalue weighted by Crippen LogP contribution is 2.36. The van der Waals surface area contributed by atoms with Gasteiger partial charge in [0.25, 0.3) is 11.8 Å². The van der Waals surface area contributed by atoms with Crippen LogP contribution < -0.4 is 10.6 Å². The van der Waals surface area contributed by atoms with E-state index in [2.05, 4.69) is 25.9 Å². The number of fused-ring (bicyclic) bond motifs is 1. The van der Waals surface area contributed by atoms with Gasteiger partial charge in [-0.15, -0.1) is 0 Å². The van der Waals surface area contributed by atoms with Gasteiger partial charge in [0.15, 0.2) is 0 Å². The molecule has 5 rings (SSSR count). The first-order valence-corrected chi connectivity index (χ1v) is 8.66. The summed E-state index contributed by atoms with van der Waals surface area (Å²) in [5, 5.41) is 1.48. The molecule has 0 fully saturated rings. The van der Waals surface area contributed by atoms with Crippen LogP contribution in [0.1, 0.15) is 20.7 Å². The van der Waals surface area contributed by atoms with E-state index in [9.17, 15) is 14.4 Å². The van der Waals surface area contributed by atoms with E-state index in [1.165, 1.54) is 0 Å². The summed E-state index contributed by atoms with van der Waals surface area (Å²) in [6.07, 6.45) is 0. The molecule has 0 spiro atoms. The molecule has 2 amide bonds. The van der Waals surface area contributed by atoms with Gasteiger partial charge >= 0.3 is 5.69 Å². The average Bonchev–Trinajstić information content (AvgIpc) is 3.00. The molecule has 0 aliphatic carbocycles. The normalized spacial score (nSPS) is 13.8. The van der Waals surface area contributed by atoms with Gasteiger partial charge < -0.3 is 9.97 Å². The molecule has 0 saturated carbocycles. The first-order chi connectivity index (χ1) is 12.5. The van der Waals surface area contributed by atoms with E-state index in [4.69, 9.17) is 0 Å². The number of nitrogens with zero attached hydrogens (tertiary/aromatic N) is 1. The fourth-order valence-electron chi connectivity index (χ4n) is 3.45. The Balaban J connectivity index is 1.76. The van der Waals surface area contributed by atoms with E-state index in [1.54, 1.807) is 42.5 Å². The second-order valence-electron chi connectivity index (χ2n) is 6.08. The van der Waals surface area contributed by atoms with Gasteiger partial charge in [-0.05, 0) is 41.8 Å². The van der Waals surface area contributed by atoms with Crippen LogP contribution in [0.5, 0.6) is 0 Å². The minimum Gasteiger partial charge on any atom is -0.306 e. The molecule has 2 heterocycles. The molecule has 0 unspecified atom stereocenters. The molecule has 26 heavy (non-hydrogen) atoms. The first kappa shape index (κ1) is 15.1. The SMILES string of the molecule is O=C1c2cccc3c(Br)ccc(c23)C(=O)N1c1ccc2[nH]c(=O)[nH]c2c1. The monoisotopic (exact) mass is 407 g/mol. The third kappa shape index (κ3) is 1.94. The van der Waals surface area contributed by atoms with Crippen LogP contribution in [0.25, 0.3) is 21.8 Å². The number of imidazole rings is 1. The molecule has 0 atom stereocenters. The number of hydrogen-bond donors (Lipinski definition) is 2. The molecule has 0 radical (unpaired) electrons. The highest BCUT2D eigenvalue weighted by Gasteiger charge is 2.34. The summed E-state index contributed by atoms with van der Waals surface area (Å²) in [5.74, 6) is -0.771. The van der Waals surface area contributed by atoms with Crippen LogP contribution in [0, 0.1) is 0 Å². The largest absolute Gasteiger partial charge is 0.323 e. The van der Waals surface area contributed by atoms with Gasteiger partial charge in [0, 0.05) is 21.0 Å². The van der Waals surface area contributed by atoms with Crippen LogP contribution in [-0.4, -0.2) is 21.8 Å². The van der Waals surface area contributed by atoms with Crippen LogP contribution in [0.2, 0.25) is 0 Å². The third-order valence-electron chi connectivity index (χ3n) is 4.61. The number of halogens is 1. The van der Waals surface area contributed by atoms with Gasteiger partial charge in [-0.3, -0.25) is 9.59 Å². The standard InChI is InChI=1S/C19H10BrN3O3/c20-13-6-5-12-16-10(13)2-1-3-11(16)17(24)23(18(12)25)9-4-7-14-15(8-9)22-19(26)21-14/h1-8H,(H2,21,22,26). The van der Waals surface area contributed by atoms with Crippen LogP contribution in [0.3, 0.4) is 0 Å². The Labute approximate surface area is 154 Å². The van der Waals surface area contributed by atoms with Crippen molar-refractivity contribution in [3.05, 3.63) is 74.6 Å². The molecular formula is C19H10BrN3O3. The van der Waals surface area contributed by atoms with E-state index >= 15 is 0 Å². The number of benzene rings is 3. The van der Waals surface area contributed by atoms with Crippen LogP contribution >= 0.6 is 15.9 Å². The predicted octanol–water partition coefficient (Wildman–Crippen LogP) is 3.57. The second kappa shape index (κ2) is 5.15. The van der Waals surface area contributed by atoms with Crippen molar-refractivity contribution in [2.24, 2.45) is 0 Å². The predicted molar refractivity (Wildman–Crippen MR) is 102 cm³/mol. The van der Waals surface area contributed by atoms with Crippen molar-refractivity contribution >= 4 is 55.2 Å². The van der Waals surface area contributed by atoms with Crippen LogP contribution in [-0.2, 0) is 0 Å². The van der Waals surface area contributed by atoms with Crippen LogP contribution in [0.15, 0.2) is 57.8 Å². The molecular weight excluding hydrogens is 398 g/mol. The Morgan fingerprint density at radius 1 is 0.808 bits per heavy atom. The number of anilines is 1. The van der Waals surface area contributed by atoms with E-state index < -0.39 is 0 Å². The lowest BCUT2D eigenvalue weighted by Gasteiger charge is -2.27. The summed E-state index contributed by atoms with van der Waals surface area (Å²) in [4.78, 5) is 44.1. The van der Waals surface area contributed by atoms with Gasteiger partial charge in [-0.1, -0.05) is 28.1 Å². The van der Waals surface area contributed by atoms with Crippen molar-refractivity contribution in [1.29, 1.82) is 0 Å². The molecule has 1 aromatic heterocycles. The summed E-state index contributed by atoms with van der Waals surface area (Å²) in [5.41, 5.74) is 2.17. The summed E-state index contributed by atoms with van der Waals surface area (Å²) in [6.45, 7) is 0. The number of aromatic amines is 2. The third-order valence-corrected chi connectivity index (χ3v) is 5.30. The topological polar surface area (TPSA) is 86.0 Å². The Kier molecular flexibility index (Phi) is 2.99. The quantitative estimate of drug-likeness (QED) is 0.472. The second-order valence-corrected chi connectivity index (χ2v) is 6.93. The first-order valence-electron chi connectivity index (χ1n) is 7.86. The van der Waals surface area contributed by atoms with E-state index in [0.29, 0.717) is 33.2 Å². The fourth-order valence-corrected chi connectivity index (χ4v) is 3.92. The maximum atomic E-state index is 13.1. The smallest absolute Gasteiger partial charge is 0.306 e. The van der Waals surface area contributed by atoms with Crippen molar-refractivity contribution in [2.75, 3.05) is 4.90 Å². The highest BCUT2D eigenvalue weighted by atomic mass is 79.9. The molecule has 2 N–H and O–H groups in total. The van der Waals surface area contributed by atoms with Crippen LogP contribution in [0.4, 0.5) is 5.69 Å². The van der Waals surface area contributed by atoms with Crippen molar-refractivity contribution in [1.82, 2.24) is 9.97 Å². The van der Waals surface area contributed by atoms with E-state index in [1.807, 2.05) is 6.07 Å². The summed E-state index contributed by atoms with van der Waals surface area (Å²) < 4.78 is 0.832. The number of nitrogens with one attached hydrogen (secondary N) is 2. The molecule has 6 nitrogen and oxygen atoms in total.